The minimum atomic E-state index is -0.348. The fourth-order valence-corrected chi connectivity index (χ4v) is 3.95. The van der Waals surface area contributed by atoms with Crippen LogP contribution >= 0.6 is 0 Å². The number of halogens is 1. The molecule has 1 N–H and O–H groups in total. The molecular weight excluding hydrogens is 329 g/mol. The summed E-state index contributed by atoms with van der Waals surface area (Å²) >= 11 is 0. The zero-order chi connectivity index (χ0) is 18.1. The van der Waals surface area contributed by atoms with E-state index in [9.17, 15) is 4.39 Å². The summed E-state index contributed by atoms with van der Waals surface area (Å²) in [6.07, 6.45) is 5.32. The van der Waals surface area contributed by atoms with E-state index in [1.807, 2.05) is 12.1 Å². The van der Waals surface area contributed by atoms with Crippen LogP contribution in [0.25, 0.3) is 22.4 Å². The molecule has 0 amide bonds. The highest BCUT2D eigenvalue weighted by molar-refractivity contribution is 5.89. The van der Waals surface area contributed by atoms with E-state index in [4.69, 9.17) is 0 Å². The Morgan fingerprint density at radius 2 is 2.19 bits per heavy atom. The van der Waals surface area contributed by atoms with Gasteiger partial charge in [0.25, 0.3) is 0 Å². The molecule has 136 valence electrons. The van der Waals surface area contributed by atoms with Crippen LogP contribution in [-0.2, 0) is 0 Å². The Labute approximate surface area is 152 Å². The van der Waals surface area contributed by atoms with E-state index in [0.29, 0.717) is 28.9 Å². The Kier molecular flexibility index (Phi) is 4.57. The van der Waals surface area contributed by atoms with Crippen molar-refractivity contribution in [2.24, 2.45) is 11.8 Å². The maximum atomic E-state index is 14.5. The van der Waals surface area contributed by atoms with Gasteiger partial charge in [-0.1, -0.05) is 13.8 Å². The van der Waals surface area contributed by atoms with Gasteiger partial charge in [-0.15, -0.1) is 0 Å². The van der Waals surface area contributed by atoms with Crippen molar-refractivity contribution in [3.05, 3.63) is 36.3 Å². The number of hydrogen-bond donors (Lipinski definition) is 1. The van der Waals surface area contributed by atoms with Gasteiger partial charge in [0.15, 0.2) is 11.5 Å². The molecule has 4 rings (SSSR count). The monoisotopic (exact) mass is 353 g/mol. The van der Waals surface area contributed by atoms with Gasteiger partial charge in [0.2, 0.25) is 0 Å². The number of nitrogens with zero attached hydrogens (tertiary/aromatic N) is 4. The van der Waals surface area contributed by atoms with Crippen LogP contribution in [0.3, 0.4) is 0 Å². The second-order valence-electron chi connectivity index (χ2n) is 7.56. The molecule has 0 aromatic carbocycles. The van der Waals surface area contributed by atoms with Crippen LogP contribution in [0.5, 0.6) is 0 Å². The van der Waals surface area contributed by atoms with Crippen LogP contribution < -0.4 is 4.90 Å². The summed E-state index contributed by atoms with van der Waals surface area (Å²) in [7, 11) is 0. The van der Waals surface area contributed by atoms with Crippen LogP contribution in [0.2, 0.25) is 0 Å². The Balaban J connectivity index is 1.66. The standard InChI is InChI=1S/C20H24FN5/c1-13(2)11-14-5-4-10-26(12-14)17-8-7-16(21)19(23-17)18-15-6-3-9-22-20(15)25-24-18/h3,6-9,13-14H,4-5,10-12H2,1-2H3,(H,22,24,25)/t14-/m0/s1. The average Bonchev–Trinajstić information content (AvgIpc) is 3.06. The number of piperidine rings is 1. The highest BCUT2D eigenvalue weighted by Gasteiger charge is 2.23. The smallest absolute Gasteiger partial charge is 0.181 e. The second-order valence-corrected chi connectivity index (χ2v) is 7.56. The molecule has 3 aromatic heterocycles. The third-order valence-corrected chi connectivity index (χ3v) is 5.05. The van der Waals surface area contributed by atoms with Crippen LogP contribution in [0.4, 0.5) is 10.2 Å². The largest absolute Gasteiger partial charge is 0.356 e. The molecule has 1 atom stereocenters. The summed E-state index contributed by atoms with van der Waals surface area (Å²) < 4.78 is 14.5. The van der Waals surface area contributed by atoms with Gasteiger partial charge in [0.1, 0.15) is 11.5 Å². The minimum absolute atomic E-state index is 0.309. The summed E-state index contributed by atoms with van der Waals surface area (Å²) in [5, 5.41) is 7.85. The molecule has 0 saturated carbocycles. The predicted molar refractivity (Wildman–Crippen MR) is 101 cm³/mol. The van der Waals surface area contributed by atoms with E-state index in [1.165, 1.54) is 18.9 Å². The Bertz CT molecular complexity index is 904. The summed E-state index contributed by atoms with van der Waals surface area (Å²) in [5.41, 5.74) is 1.47. The van der Waals surface area contributed by atoms with E-state index in [2.05, 4.69) is 38.9 Å². The second kappa shape index (κ2) is 7.02. The first-order valence-corrected chi connectivity index (χ1v) is 9.32. The fraction of sp³-hybridized carbons (Fsp3) is 0.450. The molecule has 1 aliphatic rings. The number of nitrogens with one attached hydrogen (secondary N) is 1. The van der Waals surface area contributed by atoms with E-state index < -0.39 is 0 Å². The first kappa shape index (κ1) is 16.9. The maximum Gasteiger partial charge on any atom is 0.181 e. The summed E-state index contributed by atoms with van der Waals surface area (Å²) in [5.74, 6) is 1.86. The van der Waals surface area contributed by atoms with Crippen molar-refractivity contribution < 1.29 is 4.39 Å². The highest BCUT2D eigenvalue weighted by atomic mass is 19.1. The third-order valence-electron chi connectivity index (χ3n) is 5.05. The first-order chi connectivity index (χ1) is 12.6. The molecule has 0 radical (unpaired) electrons. The average molecular weight is 353 g/mol. The van der Waals surface area contributed by atoms with E-state index in [0.717, 1.165) is 30.7 Å². The van der Waals surface area contributed by atoms with Crippen LogP contribution in [0.15, 0.2) is 30.5 Å². The number of anilines is 1. The summed E-state index contributed by atoms with van der Waals surface area (Å²) in [6.45, 7) is 6.49. The van der Waals surface area contributed by atoms with Crippen LogP contribution in [-0.4, -0.2) is 33.3 Å². The lowest BCUT2D eigenvalue weighted by molar-refractivity contribution is 0.346. The topological polar surface area (TPSA) is 57.7 Å². The summed E-state index contributed by atoms with van der Waals surface area (Å²) in [6, 6.07) is 7.00. The Morgan fingerprint density at radius 3 is 3.04 bits per heavy atom. The van der Waals surface area contributed by atoms with Gasteiger partial charge in [0.05, 0.1) is 5.69 Å². The molecule has 4 heterocycles. The number of hydrogen-bond acceptors (Lipinski definition) is 4. The number of pyridine rings is 2. The molecule has 1 saturated heterocycles. The zero-order valence-electron chi connectivity index (χ0n) is 15.2. The molecule has 1 fully saturated rings. The van der Waals surface area contributed by atoms with E-state index in [1.54, 1.807) is 12.3 Å². The van der Waals surface area contributed by atoms with Crippen molar-refractivity contribution in [2.75, 3.05) is 18.0 Å². The highest BCUT2D eigenvalue weighted by Crippen LogP contribution is 2.30. The number of rotatable bonds is 4. The molecular formula is C20H24FN5. The molecule has 6 heteroatoms. The molecule has 0 aliphatic carbocycles. The SMILES string of the molecule is CC(C)C[C@@H]1CCCN(c2ccc(F)c(-c3[nH]nc4ncccc34)n2)C1. The molecule has 1 aliphatic heterocycles. The molecule has 3 aromatic rings. The van der Waals surface area contributed by atoms with Gasteiger partial charge in [-0.05, 0) is 55.4 Å². The van der Waals surface area contributed by atoms with Gasteiger partial charge < -0.3 is 4.90 Å². The first-order valence-electron chi connectivity index (χ1n) is 9.32. The predicted octanol–water partition coefficient (Wildman–Crippen LogP) is 4.42. The van der Waals surface area contributed by atoms with Crippen LogP contribution in [0, 0.1) is 17.7 Å². The van der Waals surface area contributed by atoms with E-state index >= 15 is 0 Å². The van der Waals surface area contributed by atoms with Crippen molar-refractivity contribution in [1.29, 1.82) is 0 Å². The summed E-state index contributed by atoms with van der Waals surface area (Å²) in [4.78, 5) is 11.1. The van der Waals surface area contributed by atoms with Gasteiger partial charge >= 0.3 is 0 Å². The van der Waals surface area contributed by atoms with E-state index in [-0.39, 0.29) is 5.82 Å². The van der Waals surface area contributed by atoms with Gasteiger partial charge in [-0.3, -0.25) is 5.10 Å². The quantitative estimate of drug-likeness (QED) is 0.754. The van der Waals surface area contributed by atoms with Crippen molar-refractivity contribution in [3.63, 3.8) is 0 Å². The number of aromatic amines is 1. The molecule has 26 heavy (non-hydrogen) atoms. The minimum Gasteiger partial charge on any atom is -0.356 e. The van der Waals surface area contributed by atoms with Crippen molar-refractivity contribution in [3.8, 4) is 11.4 Å². The van der Waals surface area contributed by atoms with Crippen molar-refractivity contribution >= 4 is 16.9 Å². The maximum absolute atomic E-state index is 14.5. The fourth-order valence-electron chi connectivity index (χ4n) is 3.95. The lowest BCUT2D eigenvalue weighted by Gasteiger charge is -2.34. The number of H-pyrrole nitrogens is 1. The lowest BCUT2D eigenvalue weighted by atomic mass is 9.90. The Morgan fingerprint density at radius 1 is 1.31 bits per heavy atom. The van der Waals surface area contributed by atoms with Gasteiger partial charge in [-0.2, -0.15) is 5.10 Å². The molecule has 0 unspecified atom stereocenters. The normalized spacial score (nSPS) is 18.0. The lowest BCUT2D eigenvalue weighted by Crippen LogP contribution is -2.36. The van der Waals surface area contributed by atoms with Crippen molar-refractivity contribution in [1.82, 2.24) is 20.2 Å². The van der Waals surface area contributed by atoms with Gasteiger partial charge in [0, 0.05) is 24.7 Å². The molecule has 0 spiro atoms. The number of aromatic nitrogens is 4. The number of fused-ring (bicyclic) bond motifs is 1. The van der Waals surface area contributed by atoms with Gasteiger partial charge in [-0.25, -0.2) is 14.4 Å². The third kappa shape index (κ3) is 3.28. The zero-order valence-corrected chi connectivity index (χ0v) is 15.2. The van der Waals surface area contributed by atoms with Crippen LogP contribution in [0.1, 0.15) is 33.1 Å². The van der Waals surface area contributed by atoms with Crippen molar-refractivity contribution in [2.45, 2.75) is 33.1 Å². The Hall–Kier alpha value is -2.50. The molecule has 0 bridgehead atoms. The molecule has 5 nitrogen and oxygen atoms in total.